The molecule has 2 aromatic rings. The van der Waals surface area contributed by atoms with E-state index < -0.39 is 0 Å². The van der Waals surface area contributed by atoms with E-state index in [1.54, 1.807) is 14.2 Å². The molecule has 0 spiro atoms. The monoisotopic (exact) mass is 433 g/mol. The van der Waals surface area contributed by atoms with Crippen LogP contribution < -0.4 is 9.47 Å². The molecule has 0 radical (unpaired) electrons. The summed E-state index contributed by atoms with van der Waals surface area (Å²) in [6.07, 6.45) is 1.83. The highest BCUT2D eigenvalue weighted by molar-refractivity contribution is 9.10. The average Bonchev–Trinajstić information content (AvgIpc) is 3.18. The molecular weight excluding hydrogens is 414 g/mol. The molecule has 136 valence electrons. The van der Waals surface area contributed by atoms with Crippen molar-refractivity contribution in [1.82, 2.24) is 9.88 Å². The number of fused-ring (bicyclic) bond motifs is 1. The van der Waals surface area contributed by atoms with E-state index in [-0.39, 0.29) is 12.1 Å². The number of hydrogen-bond donors (Lipinski definition) is 0. The van der Waals surface area contributed by atoms with Gasteiger partial charge in [-0.25, -0.2) is 0 Å². The number of amidine groups is 1. The van der Waals surface area contributed by atoms with Gasteiger partial charge < -0.3 is 14.4 Å². The van der Waals surface area contributed by atoms with Gasteiger partial charge in [-0.3, -0.25) is 9.98 Å². The van der Waals surface area contributed by atoms with Crippen LogP contribution in [-0.4, -0.2) is 41.1 Å². The van der Waals surface area contributed by atoms with E-state index in [4.69, 9.17) is 14.5 Å². The van der Waals surface area contributed by atoms with E-state index in [0.717, 1.165) is 38.9 Å². The first-order valence-corrected chi connectivity index (χ1v) is 10.1. The Bertz CT molecular complexity index is 846. The molecule has 0 N–H and O–H groups in total. The Labute approximate surface area is 165 Å². The van der Waals surface area contributed by atoms with Crippen molar-refractivity contribution in [2.75, 3.05) is 20.8 Å². The van der Waals surface area contributed by atoms with Gasteiger partial charge in [-0.1, -0.05) is 24.8 Å². The number of aliphatic imine (C=N–C) groups is 1. The number of methoxy groups -OCH3 is 2. The van der Waals surface area contributed by atoms with E-state index in [2.05, 4.69) is 38.8 Å². The first-order valence-electron chi connectivity index (χ1n) is 8.45. The Morgan fingerprint density at radius 3 is 2.69 bits per heavy atom. The number of nitrogens with zero attached hydrogens (tertiary/aromatic N) is 3. The second-order valence-electron chi connectivity index (χ2n) is 6.37. The van der Waals surface area contributed by atoms with Crippen LogP contribution >= 0.6 is 27.7 Å². The zero-order valence-electron chi connectivity index (χ0n) is 14.8. The fraction of sp³-hybridized carbons (Fsp3) is 0.368. The lowest BCUT2D eigenvalue weighted by Gasteiger charge is -2.29. The predicted octanol–water partition coefficient (Wildman–Crippen LogP) is 4.45. The first-order chi connectivity index (χ1) is 12.6. The van der Waals surface area contributed by atoms with Crippen LogP contribution in [-0.2, 0) is 0 Å². The molecule has 3 heterocycles. The number of hydrogen-bond acceptors (Lipinski definition) is 6. The van der Waals surface area contributed by atoms with Gasteiger partial charge in [0.2, 0.25) is 0 Å². The maximum atomic E-state index is 5.71. The molecule has 0 bridgehead atoms. The number of pyridine rings is 1. The topological polar surface area (TPSA) is 47.0 Å². The maximum Gasteiger partial charge on any atom is 0.160 e. The lowest BCUT2D eigenvalue weighted by Crippen LogP contribution is -2.29. The van der Waals surface area contributed by atoms with Crippen molar-refractivity contribution in [3.05, 3.63) is 52.3 Å². The smallest absolute Gasteiger partial charge is 0.160 e. The lowest BCUT2D eigenvalue weighted by atomic mass is 9.95. The highest BCUT2D eigenvalue weighted by Gasteiger charge is 2.44. The van der Waals surface area contributed by atoms with Crippen LogP contribution in [0.15, 0.2) is 46.0 Å². The van der Waals surface area contributed by atoms with Crippen molar-refractivity contribution in [2.24, 2.45) is 4.99 Å². The van der Waals surface area contributed by atoms with Crippen LogP contribution in [0, 0.1) is 0 Å². The highest BCUT2D eigenvalue weighted by atomic mass is 79.9. The van der Waals surface area contributed by atoms with Crippen LogP contribution in [0.5, 0.6) is 11.5 Å². The number of halogens is 1. The van der Waals surface area contributed by atoms with Crippen molar-refractivity contribution in [1.29, 1.82) is 0 Å². The van der Waals surface area contributed by atoms with Gasteiger partial charge in [0.1, 0.15) is 17.5 Å². The number of aromatic nitrogens is 1. The molecule has 1 saturated heterocycles. The van der Waals surface area contributed by atoms with E-state index in [9.17, 15) is 0 Å². The molecule has 26 heavy (non-hydrogen) atoms. The zero-order chi connectivity index (χ0) is 18.3. The van der Waals surface area contributed by atoms with Crippen molar-refractivity contribution in [3.8, 4) is 11.5 Å². The third-order valence-electron chi connectivity index (χ3n) is 4.70. The van der Waals surface area contributed by atoms with Crippen molar-refractivity contribution in [2.45, 2.75) is 24.3 Å². The van der Waals surface area contributed by atoms with Gasteiger partial charge in [0.15, 0.2) is 5.17 Å². The fourth-order valence-corrected chi connectivity index (χ4v) is 5.18. The van der Waals surface area contributed by atoms with Gasteiger partial charge >= 0.3 is 0 Å². The van der Waals surface area contributed by atoms with Crippen molar-refractivity contribution < 1.29 is 9.47 Å². The summed E-state index contributed by atoms with van der Waals surface area (Å²) in [5, 5.41) is 1.61. The largest absolute Gasteiger partial charge is 0.496 e. The Hall–Kier alpha value is -1.73. The van der Waals surface area contributed by atoms with Crippen LogP contribution in [0.25, 0.3) is 0 Å². The molecule has 1 fully saturated rings. The standard InChI is InChI=1S/C19H20BrN3O2S/c1-11-10-23-18(12-8-13(20)16(25-3)9-15(12)24-2)17(22-19(23)26-11)14-6-4-5-7-21-14/h4-9,11,17-18H,10H2,1-3H3. The number of benzene rings is 1. The molecule has 0 saturated carbocycles. The Balaban J connectivity index is 1.83. The molecule has 3 atom stereocenters. The van der Waals surface area contributed by atoms with Crippen LogP contribution in [0.3, 0.4) is 0 Å². The summed E-state index contributed by atoms with van der Waals surface area (Å²) in [5.41, 5.74) is 2.06. The maximum absolute atomic E-state index is 5.71. The molecular formula is C19H20BrN3O2S. The third-order valence-corrected chi connectivity index (χ3v) is 6.43. The van der Waals surface area contributed by atoms with Gasteiger partial charge in [0, 0.05) is 29.6 Å². The molecule has 7 heteroatoms. The molecule has 4 rings (SSSR count). The summed E-state index contributed by atoms with van der Waals surface area (Å²) in [6.45, 7) is 3.20. The fourth-order valence-electron chi connectivity index (χ4n) is 3.57. The lowest BCUT2D eigenvalue weighted by molar-refractivity contribution is 0.306. The van der Waals surface area contributed by atoms with Crippen molar-refractivity contribution >= 4 is 32.9 Å². The molecule has 1 aromatic carbocycles. The third kappa shape index (κ3) is 2.97. The SMILES string of the molecule is COc1cc(OC)c(C2C(c3ccccn3)N=C3SC(C)CN32)cc1Br. The average molecular weight is 434 g/mol. The second-order valence-corrected chi connectivity index (χ2v) is 8.63. The minimum atomic E-state index is -0.0552. The van der Waals surface area contributed by atoms with Crippen LogP contribution in [0.1, 0.15) is 30.3 Å². The minimum absolute atomic E-state index is 0.0505. The van der Waals surface area contributed by atoms with E-state index >= 15 is 0 Å². The molecule has 1 aromatic heterocycles. The Kier molecular flexibility index (Phi) is 4.84. The zero-order valence-corrected chi connectivity index (χ0v) is 17.3. The summed E-state index contributed by atoms with van der Waals surface area (Å²) < 4.78 is 12.1. The summed E-state index contributed by atoms with van der Waals surface area (Å²) in [7, 11) is 3.35. The normalized spacial score (nSPS) is 24.4. The van der Waals surface area contributed by atoms with Gasteiger partial charge in [0.25, 0.3) is 0 Å². The minimum Gasteiger partial charge on any atom is -0.496 e. The van der Waals surface area contributed by atoms with Crippen LogP contribution in [0.4, 0.5) is 0 Å². The van der Waals surface area contributed by atoms with E-state index in [1.807, 2.05) is 42.2 Å². The number of rotatable bonds is 4. The Morgan fingerprint density at radius 1 is 1.19 bits per heavy atom. The molecule has 2 aliphatic rings. The van der Waals surface area contributed by atoms with Gasteiger partial charge in [-0.2, -0.15) is 0 Å². The van der Waals surface area contributed by atoms with Crippen molar-refractivity contribution in [3.63, 3.8) is 0 Å². The highest BCUT2D eigenvalue weighted by Crippen LogP contribution is 2.50. The summed E-state index contributed by atoms with van der Waals surface area (Å²) in [6, 6.07) is 10.0. The van der Waals surface area contributed by atoms with Gasteiger partial charge in [-0.15, -0.1) is 0 Å². The first kappa shape index (κ1) is 17.7. The molecule has 3 unspecified atom stereocenters. The number of thioether (sulfide) groups is 1. The summed E-state index contributed by atoms with van der Waals surface area (Å²) in [4.78, 5) is 12.0. The predicted molar refractivity (Wildman–Crippen MR) is 108 cm³/mol. The molecule has 0 amide bonds. The molecule has 5 nitrogen and oxygen atoms in total. The molecule has 2 aliphatic heterocycles. The summed E-state index contributed by atoms with van der Waals surface area (Å²) >= 11 is 5.45. The van der Waals surface area contributed by atoms with Gasteiger partial charge in [-0.05, 0) is 34.1 Å². The van der Waals surface area contributed by atoms with E-state index in [0.29, 0.717) is 5.25 Å². The Morgan fingerprint density at radius 2 is 2.00 bits per heavy atom. The molecule has 0 aliphatic carbocycles. The van der Waals surface area contributed by atoms with E-state index in [1.165, 1.54) is 0 Å². The quantitative estimate of drug-likeness (QED) is 0.712. The summed E-state index contributed by atoms with van der Waals surface area (Å²) in [5.74, 6) is 1.56. The van der Waals surface area contributed by atoms with Gasteiger partial charge in [0.05, 0.1) is 30.4 Å². The van der Waals surface area contributed by atoms with Crippen LogP contribution in [0.2, 0.25) is 0 Å². The number of ether oxygens (including phenoxy) is 2. The second kappa shape index (κ2) is 7.12.